The second-order valence-electron chi connectivity index (χ2n) is 7.44. The molecule has 0 aliphatic carbocycles. The molecule has 7 heteroatoms. The van der Waals surface area contributed by atoms with Crippen molar-refractivity contribution >= 4 is 17.3 Å². The Morgan fingerprint density at radius 3 is 2.72 bits per heavy atom. The van der Waals surface area contributed by atoms with Crippen LogP contribution < -0.4 is 14.8 Å². The minimum Gasteiger partial charge on any atom is -0.454 e. The molecule has 4 heterocycles. The molecule has 1 fully saturated rings. The smallest absolute Gasteiger partial charge is 0.231 e. The quantitative estimate of drug-likeness (QED) is 0.668. The summed E-state index contributed by atoms with van der Waals surface area (Å²) in [5, 5.41) is 4.18. The summed E-state index contributed by atoms with van der Waals surface area (Å²) in [6.07, 6.45) is 1.82. The number of benzene rings is 1. The molecule has 148 valence electrons. The second-order valence-corrected chi connectivity index (χ2v) is 7.82. The molecule has 1 saturated heterocycles. The molecule has 2 aromatic heterocycles. The van der Waals surface area contributed by atoms with Gasteiger partial charge in [0.1, 0.15) is 0 Å². The minimum absolute atomic E-state index is 0.000552. The van der Waals surface area contributed by atoms with Crippen LogP contribution >= 0.6 is 12.2 Å². The van der Waals surface area contributed by atoms with Gasteiger partial charge >= 0.3 is 0 Å². The first-order valence-electron chi connectivity index (χ1n) is 9.57. The van der Waals surface area contributed by atoms with Crippen LogP contribution in [0.15, 0.2) is 48.7 Å². The van der Waals surface area contributed by atoms with E-state index >= 15 is 0 Å². The molecule has 2 aliphatic rings. The lowest BCUT2D eigenvalue weighted by molar-refractivity contribution is 0.174. The van der Waals surface area contributed by atoms with Crippen molar-refractivity contribution in [1.29, 1.82) is 0 Å². The van der Waals surface area contributed by atoms with Gasteiger partial charge in [-0.1, -0.05) is 6.07 Å². The number of rotatable bonds is 3. The fourth-order valence-corrected chi connectivity index (χ4v) is 4.60. The predicted octanol–water partition coefficient (Wildman–Crippen LogP) is 3.82. The fourth-order valence-electron chi connectivity index (χ4n) is 4.36. The summed E-state index contributed by atoms with van der Waals surface area (Å²) < 4.78 is 13.3. The van der Waals surface area contributed by atoms with Crippen molar-refractivity contribution < 1.29 is 9.47 Å². The summed E-state index contributed by atoms with van der Waals surface area (Å²) in [7, 11) is 2.04. The molecule has 0 saturated carbocycles. The van der Waals surface area contributed by atoms with Crippen LogP contribution in [0.4, 0.5) is 0 Å². The largest absolute Gasteiger partial charge is 0.454 e. The Kier molecular flexibility index (Phi) is 4.20. The molecule has 29 heavy (non-hydrogen) atoms. The summed E-state index contributed by atoms with van der Waals surface area (Å²) in [6, 6.07) is 14.4. The molecule has 1 aromatic carbocycles. The number of likely N-dealkylation sites (N-methyl/N-ethyl adjacent to an activating group) is 1. The molecule has 2 atom stereocenters. The first kappa shape index (κ1) is 18.0. The van der Waals surface area contributed by atoms with E-state index in [1.54, 1.807) is 0 Å². The highest BCUT2D eigenvalue weighted by molar-refractivity contribution is 7.80. The van der Waals surface area contributed by atoms with E-state index in [2.05, 4.69) is 45.7 Å². The standard InChI is InChI=1S/C22H22N4O2S/c1-13-10-16(14(2)26(13)15-7-8-18-19(11-15)28-12-27-18)21-20(24-22(29)25(21)3)17-6-4-5-9-23-17/h4-11,20-21H,12H2,1-3H3,(H,24,29)/t20-,21+/m0/s1. The molecule has 6 nitrogen and oxygen atoms in total. The van der Waals surface area contributed by atoms with Gasteiger partial charge in [-0.15, -0.1) is 0 Å². The van der Waals surface area contributed by atoms with Gasteiger partial charge < -0.3 is 24.3 Å². The van der Waals surface area contributed by atoms with Crippen LogP contribution in [0.2, 0.25) is 0 Å². The van der Waals surface area contributed by atoms with E-state index in [4.69, 9.17) is 21.7 Å². The highest BCUT2D eigenvalue weighted by atomic mass is 32.1. The monoisotopic (exact) mass is 406 g/mol. The molecule has 5 rings (SSSR count). The number of nitrogens with zero attached hydrogens (tertiary/aromatic N) is 3. The highest BCUT2D eigenvalue weighted by Gasteiger charge is 2.39. The van der Waals surface area contributed by atoms with Crippen molar-refractivity contribution in [2.24, 2.45) is 0 Å². The fraction of sp³-hybridized carbons (Fsp3) is 0.273. The van der Waals surface area contributed by atoms with Gasteiger partial charge in [0.15, 0.2) is 16.6 Å². The lowest BCUT2D eigenvalue weighted by Crippen LogP contribution is -2.25. The van der Waals surface area contributed by atoms with Gasteiger partial charge in [0.25, 0.3) is 0 Å². The minimum atomic E-state index is -0.000552. The van der Waals surface area contributed by atoms with Crippen LogP contribution in [-0.4, -0.2) is 33.4 Å². The molecule has 0 amide bonds. The maximum Gasteiger partial charge on any atom is 0.231 e. The third-order valence-corrected chi connectivity index (χ3v) is 6.15. The normalized spacial score (nSPS) is 20.2. The van der Waals surface area contributed by atoms with Crippen molar-refractivity contribution in [1.82, 2.24) is 19.8 Å². The molecule has 2 aliphatic heterocycles. The van der Waals surface area contributed by atoms with Crippen LogP contribution in [0, 0.1) is 13.8 Å². The van der Waals surface area contributed by atoms with Crippen LogP contribution in [0.25, 0.3) is 5.69 Å². The van der Waals surface area contributed by atoms with Gasteiger partial charge in [-0.25, -0.2) is 0 Å². The van der Waals surface area contributed by atoms with E-state index in [-0.39, 0.29) is 18.9 Å². The van der Waals surface area contributed by atoms with Gasteiger partial charge in [0.2, 0.25) is 6.79 Å². The molecular weight excluding hydrogens is 384 g/mol. The Balaban J connectivity index is 1.59. The summed E-state index contributed by atoms with van der Waals surface area (Å²) in [6.45, 7) is 4.55. The third kappa shape index (κ3) is 2.84. The van der Waals surface area contributed by atoms with Gasteiger partial charge in [-0.05, 0) is 62.0 Å². The number of fused-ring (bicyclic) bond motifs is 1. The summed E-state index contributed by atoms with van der Waals surface area (Å²) >= 11 is 5.58. The lowest BCUT2D eigenvalue weighted by Gasteiger charge is -2.24. The molecule has 0 unspecified atom stereocenters. The number of thiocarbonyl (C=S) groups is 1. The van der Waals surface area contributed by atoms with Crippen molar-refractivity contribution in [2.45, 2.75) is 25.9 Å². The third-order valence-electron chi connectivity index (χ3n) is 5.74. The van der Waals surface area contributed by atoms with E-state index in [1.165, 1.54) is 11.3 Å². The second kappa shape index (κ2) is 6.77. The predicted molar refractivity (Wildman–Crippen MR) is 115 cm³/mol. The van der Waals surface area contributed by atoms with Crippen LogP contribution in [0.3, 0.4) is 0 Å². The Labute approximate surface area is 175 Å². The number of nitrogens with one attached hydrogen (secondary N) is 1. The van der Waals surface area contributed by atoms with Crippen molar-refractivity contribution in [2.75, 3.05) is 13.8 Å². The first-order chi connectivity index (χ1) is 14.0. The first-order valence-corrected chi connectivity index (χ1v) is 9.98. The van der Waals surface area contributed by atoms with E-state index < -0.39 is 0 Å². The van der Waals surface area contributed by atoms with Crippen molar-refractivity contribution in [3.8, 4) is 17.2 Å². The van der Waals surface area contributed by atoms with Crippen molar-refractivity contribution in [3.63, 3.8) is 0 Å². The van der Waals surface area contributed by atoms with Crippen molar-refractivity contribution in [3.05, 3.63) is 71.3 Å². The number of hydrogen-bond acceptors (Lipinski definition) is 4. The maximum atomic E-state index is 5.58. The zero-order valence-corrected chi connectivity index (χ0v) is 17.4. The molecule has 0 spiro atoms. The topological polar surface area (TPSA) is 51.6 Å². The molecular formula is C22H22N4O2S. The summed E-state index contributed by atoms with van der Waals surface area (Å²) in [5.41, 5.74) is 5.59. The van der Waals surface area contributed by atoms with E-state index in [0.717, 1.165) is 33.7 Å². The zero-order chi connectivity index (χ0) is 20.1. The highest BCUT2D eigenvalue weighted by Crippen LogP contribution is 2.41. The average molecular weight is 407 g/mol. The van der Waals surface area contributed by atoms with Gasteiger partial charge in [-0.2, -0.15) is 0 Å². The van der Waals surface area contributed by atoms with E-state index in [0.29, 0.717) is 0 Å². The number of ether oxygens (including phenoxy) is 2. The SMILES string of the molecule is Cc1cc([C@@H]2[C@H](c3ccccn3)NC(=S)N2C)c(C)n1-c1ccc2c(c1)OCO2. The number of aromatic nitrogens is 2. The van der Waals surface area contributed by atoms with Gasteiger partial charge in [0, 0.05) is 36.4 Å². The molecule has 3 aromatic rings. The number of pyridine rings is 1. The van der Waals surface area contributed by atoms with Gasteiger partial charge in [-0.3, -0.25) is 4.98 Å². The van der Waals surface area contributed by atoms with Gasteiger partial charge in [0.05, 0.1) is 17.8 Å². The lowest BCUT2D eigenvalue weighted by atomic mass is 9.97. The molecule has 0 bridgehead atoms. The van der Waals surface area contributed by atoms with E-state index in [1.807, 2.05) is 43.6 Å². The Morgan fingerprint density at radius 1 is 1.10 bits per heavy atom. The van der Waals surface area contributed by atoms with E-state index in [9.17, 15) is 0 Å². The Bertz CT molecular complexity index is 1100. The number of hydrogen-bond donors (Lipinski definition) is 1. The maximum absolute atomic E-state index is 5.58. The molecule has 0 radical (unpaired) electrons. The summed E-state index contributed by atoms with van der Waals surface area (Å²) in [5.74, 6) is 1.57. The van der Waals surface area contributed by atoms with Crippen LogP contribution in [0.1, 0.15) is 34.7 Å². The van der Waals surface area contributed by atoms with Crippen LogP contribution in [0.5, 0.6) is 11.5 Å². The van der Waals surface area contributed by atoms with Crippen LogP contribution in [-0.2, 0) is 0 Å². The zero-order valence-electron chi connectivity index (χ0n) is 16.5. The number of aryl methyl sites for hydroxylation is 1. The Hall–Kier alpha value is -3.06. The Morgan fingerprint density at radius 2 is 1.93 bits per heavy atom. The summed E-state index contributed by atoms with van der Waals surface area (Å²) in [4.78, 5) is 6.70. The molecule has 1 N–H and O–H groups in total. The average Bonchev–Trinajstić information content (AvgIpc) is 3.39.